The Labute approximate surface area is 122 Å². The number of hydrogen-bond acceptors (Lipinski definition) is 4. The van der Waals surface area contributed by atoms with Crippen LogP contribution in [0.1, 0.15) is 5.56 Å². The summed E-state index contributed by atoms with van der Waals surface area (Å²) in [6.45, 7) is 2.18. The second-order valence-corrected chi connectivity index (χ2v) is 4.77. The van der Waals surface area contributed by atoms with Crippen LogP contribution in [0.2, 0.25) is 0 Å². The van der Waals surface area contributed by atoms with Crippen molar-refractivity contribution in [3.8, 4) is 23.2 Å². The van der Waals surface area contributed by atoms with Crippen molar-refractivity contribution in [2.75, 3.05) is 7.11 Å². The van der Waals surface area contributed by atoms with Crippen LogP contribution < -0.4 is 4.74 Å². The van der Waals surface area contributed by atoms with Crippen molar-refractivity contribution >= 4 is 11.2 Å². The third-order valence-electron chi connectivity index (χ3n) is 3.28. The highest BCUT2D eigenvalue weighted by molar-refractivity contribution is 5.78. The first-order chi connectivity index (χ1) is 10.2. The van der Waals surface area contributed by atoms with Gasteiger partial charge in [0.2, 0.25) is 0 Å². The van der Waals surface area contributed by atoms with E-state index in [9.17, 15) is 0 Å². The summed E-state index contributed by atoms with van der Waals surface area (Å²) in [6, 6.07) is 11.8. The molecule has 0 amide bonds. The van der Waals surface area contributed by atoms with Crippen LogP contribution in [-0.4, -0.2) is 21.6 Å². The molecule has 0 fully saturated rings. The van der Waals surface area contributed by atoms with Crippen LogP contribution in [0.15, 0.2) is 36.5 Å². The molecular formula is C16H14N4O. The minimum Gasteiger partial charge on any atom is -0.497 e. The van der Waals surface area contributed by atoms with Gasteiger partial charge in [0, 0.05) is 11.8 Å². The van der Waals surface area contributed by atoms with E-state index in [1.54, 1.807) is 13.3 Å². The van der Waals surface area contributed by atoms with Gasteiger partial charge in [0.15, 0.2) is 5.65 Å². The molecule has 0 bridgehead atoms. The first-order valence-corrected chi connectivity index (χ1v) is 6.57. The van der Waals surface area contributed by atoms with E-state index in [0.717, 1.165) is 33.9 Å². The van der Waals surface area contributed by atoms with E-state index >= 15 is 0 Å². The number of nitriles is 1. The van der Waals surface area contributed by atoms with Crippen LogP contribution in [-0.2, 0) is 6.54 Å². The number of methoxy groups -OCH3 is 1. The molecule has 0 N–H and O–H groups in total. The van der Waals surface area contributed by atoms with E-state index in [2.05, 4.69) is 16.0 Å². The maximum absolute atomic E-state index is 9.07. The summed E-state index contributed by atoms with van der Waals surface area (Å²) >= 11 is 0. The van der Waals surface area contributed by atoms with Gasteiger partial charge in [0.05, 0.1) is 13.2 Å². The van der Waals surface area contributed by atoms with Gasteiger partial charge >= 0.3 is 0 Å². The summed E-state index contributed by atoms with van der Waals surface area (Å²) < 4.78 is 7.07. The number of benzene rings is 1. The van der Waals surface area contributed by atoms with Crippen LogP contribution in [0.3, 0.4) is 0 Å². The van der Waals surface area contributed by atoms with Crippen molar-refractivity contribution in [3.05, 3.63) is 42.1 Å². The van der Waals surface area contributed by atoms with Crippen molar-refractivity contribution in [2.24, 2.45) is 0 Å². The summed E-state index contributed by atoms with van der Waals surface area (Å²) in [4.78, 5) is 9.04. The summed E-state index contributed by atoms with van der Waals surface area (Å²) in [5, 5.41) is 9.07. The fraction of sp³-hybridized carbons (Fsp3) is 0.188. The predicted molar refractivity (Wildman–Crippen MR) is 79.9 cm³/mol. The number of imidazole rings is 1. The lowest BCUT2D eigenvalue weighted by molar-refractivity contribution is 0.415. The predicted octanol–water partition coefficient (Wildman–Crippen LogP) is 2.94. The smallest absolute Gasteiger partial charge is 0.161 e. The van der Waals surface area contributed by atoms with Crippen molar-refractivity contribution in [1.29, 1.82) is 5.26 Å². The maximum atomic E-state index is 9.07. The number of aromatic nitrogens is 3. The second-order valence-electron chi connectivity index (χ2n) is 4.77. The Kier molecular flexibility index (Phi) is 3.28. The molecule has 3 aromatic rings. The van der Waals surface area contributed by atoms with Gasteiger partial charge in [-0.25, -0.2) is 9.97 Å². The van der Waals surface area contributed by atoms with Gasteiger partial charge in [0.1, 0.15) is 23.6 Å². The zero-order valence-corrected chi connectivity index (χ0v) is 11.9. The molecule has 2 aromatic heterocycles. The highest BCUT2D eigenvalue weighted by Gasteiger charge is 2.14. The van der Waals surface area contributed by atoms with Gasteiger partial charge in [-0.3, -0.25) is 4.57 Å². The van der Waals surface area contributed by atoms with Gasteiger partial charge in [-0.2, -0.15) is 5.26 Å². The Morgan fingerprint density at radius 1 is 1.33 bits per heavy atom. The van der Waals surface area contributed by atoms with Crippen LogP contribution >= 0.6 is 0 Å². The summed E-state index contributed by atoms with van der Waals surface area (Å²) in [6.07, 6.45) is 1.78. The lowest BCUT2D eigenvalue weighted by atomic mass is 10.2. The molecule has 0 aliphatic carbocycles. The summed E-state index contributed by atoms with van der Waals surface area (Å²) in [5.41, 5.74) is 3.46. The molecule has 0 aliphatic heterocycles. The molecule has 104 valence electrons. The first-order valence-electron chi connectivity index (χ1n) is 6.57. The van der Waals surface area contributed by atoms with Crippen LogP contribution in [0.5, 0.6) is 5.75 Å². The van der Waals surface area contributed by atoms with E-state index in [1.807, 2.05) is 41.8 Å². The van der Waals surface area contributed by atoms with Gasteiger partial charge < -0.3 is 4.74 Å². The Hall–Kier alpha value is -2.87. The van der Waals surface area contributed by atoms with Crippen LogP contribution in [0.25, 0.3) is 22.6 Å². The molecule has 0 saturated carbocycles. The number of fused-ring (bicyclic) bond motifs is 1. The molecule has 0 saturated heterocycles. The molecular weight excluding hydrogens is 264 g/mol. The summed E-state index contributed by atoms with van der Waals surface area (Å²) in [7, 11) is 1.63. The van der Waals surface area contributed by atoms with Crippen molar-refractivity contribution in [1.82, 2.24) is 14.5 Å². The topological polar surface area (TPSA) is 63.7 Å². The minimum atomic E-state index is 0.207. The average molecular weight is 278 g/mol. The van der Waals surface area contributed by atoms with E-state index < -0.39 is 0 Å². The monoisotopic (exact) mass is 278 g/mol. The molecule has 0 unspecified atom stereocenters. The Morgan fingerprint density at radius 3 is 2.95 bits per heavy atom. The molecule has 5 heteroatoms. The Morgan fingerprint density at radius 2 is 2.19 bits per heavy atom. The average Bonchev–Trinajstić information content (AvgIpc) is 2.85. The highest BCUT2D eigenvalue weighted by atomic mass is 16.5. The molecule has 5 nitrogen and oxygen atoms in total. The van der Waals surface area contributed by atoms with E-state index in [-0.39, 0.29) is 6.54 Å². The lowest BCUT2D eigenvalue weighted by Gasteiger charge is -2.06. The van der Waals surface area contributed by atoms with E-state index in [0.29, 0.717) is 0 Å². The Balaban J connectivity index is 2.25. The molecule has 0 radical (unpaired) electrons. The third kappa shape index (κ3) is 2.32. The van der Waals surface area contributed by atoms with Crippen molar-refractivity contribution in [2.45, 2.75) is 13.5 Å². The fourth-order valence-electron chi connectivity index (χ4n) is 2.31. The molecule has 0 atom stereocenters. The fourth-order valence-corrected chi connectivity index (χ4v) is 2.31. The Bertz CT molecular complexity index is 845. The molecule has 0 spiro atoms. The maximum Gasteiger partial charge on any atom is 0.161 e. The zero-order chi connectivity index (χ0) is 14.8. The number of rotatable bonds is 3. The quantitative estimate of drug-likeness (QED) is 0.739. The molecule has 0 aliphatic rings. The van der Waals surface area contributed by atoms with Gasteiger partial charge in [0.25, 0.3) is 0 Å². The lowest BCUT2D eigenvalue weighted by Crippen LogP contribution is -2.00. The number of aryl methyl sites for hydroxylation is 1. The van der Waals surface area contributed by atoms with Gasteiger partial charge in [-0.05, 0) is 30.7 Å². The number of ether oxygens (including phenoxy) is 1. The normalized spacial score (nSPS) is 10.5. The first kappa shape index (κ1) is 13.1. The summed E-state index contributed by atoms with van der Waals surface area (Å²) in [5.74, 6) is 1.48. The minimum absolute atomic E-state index is 0.207. The van der Waals surface area contributed by atoms with E-state index in [4.69, 9.17) is 10.00 Å². The number of hydrogen-bond donors (Lipinski definition) is 0. The van der Waals surface area contributed by atoms with Crippen LogP contribution in [0, 0.1) is 18.3 Å². The highest BCUT2D eigenvalue weighted by Crippen LogP contribution is 2.26. The molecule has 21 heavy (non-hydrogen) atoms. The van der Waals surface area contributed by atoms with Gasteiger partial charge in [-0.15, -0.1) is 0 Å². The van der Waals surface area contributed by atoms with Crippen molar-refractivity contribution in [3.63, 3.8) is 0 Å². The van der Waals surface area contributed by atoms with Crippen LogP contribution in [0.4, 0.5) is 0 Å². The van der Waals surface area contributed by atoms with E-state index in [1.165, 1.54) is 0 Å². The largest absolute Gasteiger partial charge is 0.497 e. The molecule has 1 aromatic carbocycles. The second kappa shape index (κ2) is 5.25. The number of nitrogens with zero attached hydrogens (tertiary/aromatic N) is 4. The standard InChI is InChI=1S/C16H14N4O/c1-11-8-14-16(18-10-11)20(7-6-17)15(19-14)12-4-3-5-13(9-12)21-2/h3-5,8-10H,7H2,1-2H3. The zero-order valence-electron chi connectivity index (χ0n) is 11.9. The number of pyridine rings is 1. The van der Waals surface area contributed by atoms with Gasteiger partial charge in [-0.1, -0.05) is 12.1 Å². The van der Waals surface area contributed by atoms with Crippen molar-refractivity contribution < 1.29 is 4.74 Å². The molecule has 2 heterocycles. The molecule has 3 rings (SSSR count). The third-order valence-corrected chi connectivity index (χ3v) is 3.28. The SMILES string of the molecule is COc1cccc(-c2nc3cc(C)cnc3n2CC#N)c1.